The van der Waals surface area contributed by atoms with Crippen molar-refractivity contribution in [1.29, 1.82) is 0 Å². The zero-order chi connectivity index (χ0) is 19.1. The lowest BCUT2D eigenvalue weighted by atomic mass is 9.97. The van der Waals surface area contributed by atoms with Gasteiger partial charge in [-0.3, -0.25) is 4.79 Å². The van der Waals surface area contributed by atoms with Crippen molar-refractivity contribution >= 4 is 5.97 Å². The van der Waals surface area contributed by atoms with Gasteiger partial charge in [0, 0.05) is 0 Å². The number of unbranched alkanes of at least 4 members (excludes halogenated alkanes) is 1. The van der Waals surface area contributed by atoms with Gasteiger partial charge in [0.2, 0.25) is 0 Å². The van der Waals surface area contributed by atoms with Gasteiger partial charge in [-0.05, 0) is 58.8 Å². The average molecular weight is 351 g/mol. The fraction of sp³-hybridized carbons (Fsp3) is 0.783. The second-order valence-corrected chi connectivity index (χ2v) is 7.64. The topological polar surface area (TPSA) is 26.3 Å². The molecule has 0 bridgehead atoms. The van der Waals surface area contributed by atoms with Crippen LogP contribution in [0, 0.1) is 11.8 Å². The zero-order valence-corrected chi connectivity index (χ0v) is 17.7. The highest BCUT2D eigenvalue weighted by molar-refractivity contribution is 5.72. The minimum Gasteiger partial charge on any atom is -0.465 e. The molecule has 0 aromatic carbocycles. The van der Waals surface area contributed by atoms with Gasteiger partial charge in [-0.2, -0.15) is 0 Å². The molecule has 0 aliphatic rings. The normalized spacial score (nSPS) is 14.1. The third-order valence-corrected chi connectivity index (χ3v) is 4.82. The number of hydrogen-bond donors (Lipinski definition) is 0. The van der Waals surface area contributed by atoms with Crippen LogP contribution in [0.2, 0.25) is 0 Å². The lowest BCUT2D eigenvalue weighted by Gasteiger charge is -2.18. The van der Waals surface area contributed by atoms with Gasteiger partial charge >= 0.3 is 5.97 Å². The summed E-state index contributed by atoms with van der Waals surface area (Å²) in [6.07, 6.45) is 14.1. The maximum absolute atomic E-state index is 12.5. The Hall–Kier alpha value is -1.05. The Morgan fingerprint density at radius 1 is 1.00 bits per heavy atom. The van der Waals surface area contributed by atoms with E-state index in [9.17, 15) is 4.79 Å². The minimum atomic E-state index is 0.00477. The first-order chi connectivity index (χ1) is 11.9. The van der Waals surface area contributed by atoms with Gasteiger partial charge in [0.25, 0.3) is 0 Å². The van der Waals surface area contributed by atoms with Crippen LogP contribution in [0.1, 0.15) is 99.3 Å². The fourth-order valence-electron chi connectivity index (χ4n) is 2.93. The number of ether oxygens (including phenoxy) is 1. The van der Waals surface area contributed by atoms with E-state index in [1.165, 1.54) is 30.4 Å². The summed E-state index contributed by atoms with van der Waals surface area (Å²) in [5.41, 5.74) is 2.74. The summed E-state index contributed by atoms with van der Waals surface area (Å²) in [4.78, 5) is 12.5. The smallest absolute Gasteiger partial charge is 0.309 e. The Labute approximate surface area is 157 Å². The summed E-state index contributed by atoms with van der Waals surface area (Å²) >= 11 is 0. The first-order valence-corrected chi connectivity index (χ1v) is 10.4. The highest BCUT2D eigenvalue weighted by Gasteiger charge is 2.19. The SMILES string of the molecule is CCCCC(CC)COC(=O)C(CC=C(C)CCC=C(C)C)CCC. The largest absolute Gasteiger partial charge is 0.465 e. The number of rotatable bonds is 14. The van der Waals surface area contributed by atoms with Gasteiger partial charge in [0.15, 0.2) is 0 Å². The van der Waals surface area contributed by atoms with Crippen molar-refractivity contribution in [3.05, 3.63) is 23.3 Å². The molecule has 146 valence electrons. The number of allylic oxidation sites excluding steroid dienone is 4. The van der Waals surface area contributed by atoms with E-state index in [1.807, 2.05) is 0 Å². The van der Waals surface area contributed by atoms with Gasteiger partial charge in [-0.15, -0.1) is 0 Å². The zero-order valence-electron chi connectivity index (χ0n) is 17.7. The van der Waals surface area contributed by atoms with Crippen LogP contribution in [0.25, 0.3) is 0 Å². The van der Waals surface area contributed by atoms with Crippen LogP contribution in [-0.4, -0.2) is 12.6 Å². The molecule has 0 aliphatic heterocycles. The molecule has 0 aromatic rings. The van der Waals surface area contributed by atoms with E-state index in [0.29, 0.717) is 12.5 Å². The molecule has 0 aromatic heterocycles. The Balaban J connectivity index is 4.45. The van der Waals surface area contributed by atoms with Crippen LogP contribution in [0.5, 0.6) is 0 Å². The molecule has 0 spiro atoms. The maximum Gasteiger partial charge on any atom is 0.309 e. The summed E-state index contributed by atoms with van der Waals surface area (Å²) < 4.78 is 5.67. The minimum absolute atomic E-state index is 0.00477. The third kappa shape index (κ3) is 12.9. The highest BCUT2D eigenvalue weighted by atomic mass is 16.5. The van der Waals surface area contributed by atoms with E-state index in [-0.39, 0.29) is 11.9 Å². The number of carbonyl (C=O) groups is 1. The Morgan fingerprint density at radius 3 is 2.28 bits per heavy atom. The number of hydrogen-bond acceptors (Lipinski definition) is 2. The molecule has 0 rings (SSSR count). The van der Waals surface area contributed by atoms with Crippen molar-refractivity contribution in [2.24, 2.45) is 11.8 Å². The molecule has 2 unspecified atom stereocenters. The first kappa shape index (κ1) is 23.9. The second-order valence-electron chi connectivity index (χ2n) is 7.64. The van der Waals surface area contributed by atoms with Crippen molar-refractivity contribution < 1.29 is 9.53 Å². The molecule has 0 saturated heterocycles. The predicted octanol–water partition coefficient (Wildman–Crippen LogP) is 7.25. The Kier molecular flexibility index (Phi) is 14.6. The van der Waals surface area contributed by atoms with Crippen LogP contribution in [0.4, 0.5) is 0 Å². The molecular weight excluding hydrogens is 308 g/mol. The lowest BCUT2D eigenvalue weighted by molar-refractivity contribution is -0.150. The molecule has 2 atom stereocenters. The molecule has 2 heteroatoms. The van der Waals surface area contributed by atoms with Crippen LogP contribution in [0.3, 0.4) is 0 Å². The molecular formula is C23H42O2. The van der Waals surface area contributed by atoms with E-state index in [0.717, 1.165) is 38.5 Å². The van der Waals surface area contributed by atoms with Crippen molar-refractivity contribution in [3.8, 4) is 0 Å². The van der Waals surface area contributed by atoms with Crippen molar-refractivity contribution in [2.75, 3.05) is 6.61 Å². The Bertz CT molecular complexity index is 402. The van der Waals surface area contributed by atoms with Gasteiger partial charge in [-0.25, -0.2) is 0 Å². The summed E-state index contributed by atoms with van der Waals surface area (Å²) in [5.74, 6) is 0.546. The standard InChI is InChI=1S/C23H42O2/c1-7-10-15-21(9-3)18-25-23(24)22(12-8-2)17-16-20(6)14-11-13-19(4)5/h13,16,21-22H,7-12,14-15,17-18H2,1-6H3. The molecule has 0 saturated carbocycles. The van der Waals surface area contributed by atoms with Gasteiger partial charge < -0.3 is 4.74 Å². The molecule has 2 nitrogen and oxygen atoms in total. The van der Waals surface area contributed by atoms with Crippen molar-refractivity contribution in [2.45, 2.75) is 99.3 Å². The maximum atomic E-state index is 12.5. The van der Waals surface area contributed by atoms with Crippen LogP contribution < -0.4 is 0 Å². The van der Waals surface area contributed by atoms with E-state index in [4.69, 9.17) is 4.74 Å². The van der Waals surface area contributed by atoms with E-state index >= 15 is 0 Å². The van der Waals surface area contributed by atoms with E-state index in [2.05, 4.69) is 53.7 Å². The molecule has 0 N–H and O–H groups in total. The summed E-state index contributed by atoms with van der Waals surface area (Å²) in [6.45, 7) is 13.6. The van der Waals surface area contributed by atoms with E-state index in [1.54, 1.807) is 0 Å². The molecule has 0 aliphatic carbocycles. The van der Waals surface area contributed by atoms with Crippen molar-refractivity contribution in [3.63, 3.8) is 0 Å². The molecule has 0 radical (unpaired) electrons. The van der Waals surface area contributed by atoms with Crippen molar-refractivity contribution in [1.82, 2.24) is 0 Å². The second kappa shape index (κ2) is 15.2. The van der Waals surface area contributed by atoms with Crippen LogP contribution >= 0.6 is 0 Å². The summed E-state index contributed by atoms with van der Waals surface area (Å²) in [5, 5.41) is 0. The molecule has 0 heterocycles. The van der Waals surface area contributed by atoms with Gasteiger partial charge in [-0.1, -0.05) is 69.8 Å². The quantitative estimate of drug-likeness (QED) is 0.244. The highest BCUT2D eigenvalue weighted by Crippen LogP contribution is 2.19. The molecule has 25 heavy (non-hydrogen) atoms. The van der Waals surface area contributed by atoms with Crippen LogP contribution in [0.15, 0.2) is 23.3 Å². The lowest BCUT2D eigenvalue weighted by Crippen LogP contribution is -2.21. The first-order valence-electron chi connectivity index (χ1n) is 10.4. The monoisotopic (exact) mass is 350 g/mol. The summed E-state index contributed by atoms with van der Waals surface area (Å²) in [6, 6.07) is 0. The summed E-state index contributed by atoms with van der Waals surface area (Å²) in [7, 11) is 0. The Morgan fingerprint density at radius 2 is 1.72 bits per heavy atom. The van der Waals surface area contributed by atoms with E-state index < -0.39 is 0 Å². The number of esters is 1. The predicted molar refractivity (Wildman–Crippen MR) is 110 cm³/mol. The van der Waals surface area contributed by atoms with Crippen LogP contribution in [-0.2, 0) is 9.53 Å². The van der Waals surface area contributed by atoms with Gasteiger partial charge in [0.1, 0.15) is 0 Å². The third-order valence-electron chi connectivity index (χ3n) is 4.82. The average Bonchev–Trinajstić information content (AvgIpc) is 2.58. The fourth-order valence-corrected chi connectivity index (χ4v) is 2.93. The molecule has 0 fully saturated rings. The number of carbonyl (C=O) groups excluding carboxylic acids is 1. The molecule has 0 amide bonds. The van der Waals surface area contributed by atoms with Gasteiger partial charge in [0.05, 0.1) is 12.5 Å².